The number of rotatable bonds is 8. The van der Waals surface area contributed by atoms with Gasteiger partial charge in [0.1, 0.15) is 5.41 Å². The maximum atomic E-state index is 12.2. The monoisotopic (exact) mass is 304 g/mol. The van der Waals surface area contributed by atoms with Crippen LogP contribution in [0.5, 0.6) is 0 Å². The minimum absolute atomic E-state index is 0.221. The van der Waals surface area contributed by atoms with Crippen LogP contribution in [0.3, 0.4) is 0 Å². The molecule has 0 fully saturated rings. The summed E-state index contributed by atoms with van der Waals surface area (Å²) in [6.07, 6.45) is 1.78. The lowest BCUT2D eigenvalue weighted by Crippen LogP contribution is -2.48. The molecule has 1 rings (SSSR count). The van der Waals surface area contributed by atoms with Gasteiger partial charge in [0.2, 0.25) is 11.8 Å². The van der Waals surface area contributed by atoms with Crippen LogP contribution in [-0.2, 0) is 16.0 Å². The van der Waals surface area contributed by atoms with Crippen molar-refractivity contribution in [2.45, 2.75) is 40.5 Å². The van der Waals surface area contributed by atoms with E-state index in [4.69, 9.17) is 0 Å². The molecule has 0 heterocycles. The summed E-state index contributed by atoms with van der Waals surface area (Å²) in [7, 11) is 0. The summed E-state index contributed by atoms with van der Waals surface area (Å²) < 4.78 is 0. The van der Waals surface area contributed by atoms with Gasteiger partial charge in [-0.1, -0.05) is 44.2 Å². The highest BCUT2D eigenvalue weighted by Gasteiger charge is 2.35. The average molecular weight is 304 g/mol. The average Bonchev–Trinajstić information content (AvgIpc) is 2.49. The molecule has 0 aliphatic heterocycles. The predicted molar refractivity (Wildman–Crippen MR) is 89.4 cm³/mol. The standard InChI is InChI=1S/C18H28N2O2/c1-14(2)13-20-17(22)18(3,4)16(21)19-12-8-11-15-9-6-5-7-10-15/h5-7,9-10,14H,8,11-13H2,1-4H3,(H,19,21)(H,20,22). The first kappa shape index (κ1) is 18.2. The fraction of sp³-hybridized carbons (Fsp3) is 0.556. The van der Waals surface area contributed by atoms with Crippen molar-refractivity contribution in [1.29, 1.82) is 0 Å². The Hall–Kier alpha value is -1.84. The van der Waals surface area contributed by atoms with Crippen LogP contribution < -0.4 is 10.6 Å². The van der Waals surface area contributed by atoms with Crippen molar-refractivity contribution < 1.29 is 9.59 Å². The summed E-state index contributed by atoms with van der Waals surface area (Å²) in [6.45, 7) is 8.54. The number of hydrogen-bond donors (Lipinski definition) is 2. The zero-order chi connectivity index (χ0) is 16.6. The molecular formula is C18H28N2O2. The quantitative estimate of drug-likeness (QED) is 0.573. The highest BCUT2D eigenvalue weighted by Crippen LogP contribution is 2.15. The Labute approximate surface area is 133 Å². The van der Waals surface area contributed by atoms with E-state index in [1.165, 1.54) is 5.56 Å². The Kier molecular flexibility index (Phi) is 7.09. The minimum atomic E-state index is -1.04. The second-order valence-corrected chi connectivity index (χ2v) is 6.57. The van der Waals surface area contributed by atoms with Crippen LogP contribution in [0.25, 0.3) is 0 Å². The van der Waals surface area contributed by atoms with Crippen LogP contribution in [0.4, 0.5) is 0 Å². The molecule has 0 spiro atoms. The smallest absolute Gasteiger partial charge is 0.235 e. The van der Waals surface area contributed by atoms with Gasteiger partial charge in [-0.25, -0.2) is 0 Å². The molecule has 2 N–H and O–H groups in total. The number of hydrogen-bond acceptors (Lipinski definition) is 2. The van der Waals surface area contributed by atoms with E-state index in [-0.39, 0.29) is 11.8 Å². The fourth-order valence-electron chi connectivity index (χ4n) is 1.98. The number of nitrogens with one attached hydrogen (secondary N) is 2. The molecule has 122 valence electrons. The zero-order valence-corrected chi connectivity index (χ0v) is 14.1. The van der Waals surface area contributed by atoms with Gasteiger partial charge < -0.3 is 10.6 Å². The Morgan fingerprint density at radius 3 is 2.23 bits per heavy atom. The molecule has 0 aromatic heterocycles. The van der Waals surface area contributed by atoms with Gasteiger partial charge in [-0.2, -0.15) is 0 Å². The Balaban J connectivity index is 2.35. The molecule has 0 aliphatic carbocycles. The van der Waals surface area contributed by atoms with E-state index >= 15 is 0 Å². The van der Waals surface area contributed by atoms with E-state index in [9.17, 15) is 9.59 Å². The lowest BCUT2D eigenvalue weighted by Gasteiger charge is -2.23. The van der Waals surface area contributed by atoms with Crippen LogP contribution in [0.1, 0.15) is 39.7 Å². The Morgan fingerprint density at radius 1 is 1.05 bits per heavy atom. The van der Waals surface area contributed by atoms with E-state index in [0.29, 0.717) is 19.0 Å². The fourth-order valence-corrected chi connectivity index (χ4v) is 1.98. The van der Waals surface area contributed by atoms with Crippen molar-refractivity contribution >= 4 is 11.8 Å². The van der Waals surface area contributed by atoms with Crippen LogP contribution in [0.15, 0.2) is 30.3 Å². The Morgan fingerprint density at radius 2 is 1.64 bits per heavy atom. The first-order valence-electron chi connectivity index (χ1n) is 7.94. The molecule has 1 aromatic rings. The summed E-state index contributed by atoms with van der Waals surface area (Å²) in [5, 5.41) is 5.68. The molecule has 0 bridgehead atoms. The largest absolute Gasteiger partial charge is 0.355 e. The first-order chi connectivity index (χ1) is 10.3. The molecule has 0 radical (unpaired) electrons. The number of benzene rings is 1. The lowest BCUT2D eigenvalue weighted by molar-refractivity contribution is -0.141. The molecule has 4 heteroatoms. The van der Waals surface area contributed by atoms with Gasteiger partial charge in [0.15, 0.2) is 0 Å². The maximum absolute atomic E-state index is 12.2. The summed E-state index contributed by atoms with van der Waals surface area (Å²) in [5.74, 6) is -0.0720. The van der Waals surface area contributed by atoms with Gasteiger partial charge in [0, 0.05) is 13.1 Å². The molecule has 0 saturated carbocycles. The number of carbonyl (C=O) groups is 2. The maximum Gasteiger partial charge on any atom is 0.235 e. The van der Waals surface area contributed by atoms with Crippen LogP contribution in [0, 0.1) is 11.3 Å². The molecule has 0 saturated heterocycles. The van der Waals surface area contributed by atoms with Crippen molar-refractivity contribution in [2.24, 2.45) is 11.3 Å². The van der Waals surface area contributed by atoms with Crippen LogP contribution in [-0.4, -0.2) is 24.9 Å². The summed E-state index contributed by atoms with van der Waals surface area (Å²) in [6, 6.07) is 10.2. The van der Waals surface area contributed by atoms with E-state index < -0.39 is 5.41 Å². The van der Waals surface area contributed by atoms with Gasteiger partial charge in [-0.15, -0.1) is 0 Å². The molecular weight excluding hydrogens is 276 g/mol. The third-order valence-electron chi connectivity index (χ3n) is 3.58. The van der Waals surface area contributed by atoms with Crippen molar-refractivity contribution in [3.63, 3.8) is 0 Å². The van der Waals surface area contributed by atoms with Gasteiger partial charge in [0.25, 0.3) is 0 Å². The summed E-state index contributed by atoms with van der Waals surface area (Å²) in [5.41, 5.74) is 0.215. The zero-order valence-electron chi connectivity index (χ0n) is 14.1. The third-order valence-corrected chi connectivity index (χ3v) is 3.58. The highest BCUT2D eigenvalue weighted by atomic mass is 16.2. The second kappa shape index (κ2) is 8.57. The van der Waals surface area contributed by atoms with Crippen molar-refractivity contribution in [2.75, 3.05) is 13.1 Å². The van der Waals surface area contributed by atoms with E-state index in [0.717, 1.165) is 12.8 Å². The number of aryl methyl sites for hydroxylation is 1. The first-order valence-corrected chi connectivity index (χ1v) is 7.94. The van der Waals surface area contributed by atoms with Gasteiger partial charge >= 0.3 is 0 Å². The molecule has 0 unspecified atom stereocenters. The van der Waals surface area contributed by atoms with Gasteiger partial charge in [-0.3, -0.25) is 9.59 Å². The topological polar surface area (TPSA) is 58.2 Å². The van der Waals surface area contributed by atoms with E-state index in [1.807, 2.05) is 32.0 Å². The van der Waals surface area contributed by atoms with Crippen LogP contribution >= 0.6 is 0 Å². The molecule has 0 atom stereocenters. The lowest BCUT2D eigenvalue weighted by atomic mass is 9.90. The van der Waals surface area contributed by atoms with Gasteiger partial charge in [-0.05, 0) is 38.2 Å². The van der Waals surface area contributed by atoms with Crippen molar-refractivity contribution in [3.8, 4) is 0 Å². The van der Waals surface area contributed by atoms with E-state index in [1.54, 1.807) is 13.8 Å². The minimum Gasteiger partial charge on any atom is -0.355 e. The normalized spacial score (nSPS) is 11.3. The molecule has 22 heavy (non-hydrogen) atoms. The third kappa shape index (κ3) is 5.88. The van der Waals surface area contributed by atoms with Crippen LogP contribution in [0.2, 0.25) is 0 Å². The highest BCUT2D eigenvalue weighted by molar-refractivity contribution is 6.04. The SMILES string of the molecule is CC(C)CNC(=O)C(C)(C)C(=O)NCCCc1ccccc1. The van der Waals surface area contributed by atoms with E-state index in [2.05, 4.69) is 22.8 Å². The number of carbonyl (C=O) groups excluding carboxylic acids is 2. The summed E-state index contributed by atoms with van der Waals surface area (Å²) >= 11 is 0. The number of amides is 2. The van der Waals surface area contributed by atoms with Gasteiger partial charge in [0.05, 0.1) is 0 Å². The molecule has 2 amide bonds. The summed E-state index contributed by atoms with van der Waals surface area (Å²) in [4.78, 5) is 24.3. The van der Waals surface area contributed by atoms with Crippen molar-refractivity contribution in [3.05, 3.63) is 35.9 Å². The van der Waals surface area contributed by atoms with Crippen molar-refractivity contribution in [1.82, 2.24) is 10.6 Å². The molecule has 1 aromatic carbocycles. The Bertz CT molecular complexity index is 481. The molecule has 0 aliphatic rings. The second-order valence-electron chi connectivity index (χ2n) is 6.57. The predicted octanol–water partition coefficient (Wildman–Crippen LogP) is 2.53. The molecule has 4 nitrogen and oxygen atoms in total.